The van der Waals surface area contributed by atoms with E-state index in [0.717, 1.165) is 44.5 Å². The minimum absolute atomic E-state index is 0.0436. The highest BCUT2D eigenvalue weighted by Crippen LogP contribution is 2.27. The van der Waals surface area contributed by atoms with Gasteiger partial charge in [0.05, 0.1) is 27.0 Å². The SMILES string of the molecule is Cc1nc(C)c(-c2ccc(=O)n(CCNS(=O)(=O)c3ccc(OC(F)(F)F)cc3)n2)s1. The number of nitrogens with one attached hydrogen (secondary N) is 1. The maximum atomic E-state index is 12.4. The van der Waals surface area contributed by atoms with E-state index in [-0.39, 0.29) is 18.0 Å². The van der Waals surface area contributed by atoms with Crippen molar-refractivity contribution < 1.29 is 26.3 Å². The molecule has 3 aromatic rings. The average molecular weight is 474 g/mol. The van der Waals surface area contributed by atoms with Crippen LogP contribution in [0.1, 0.15) is 10.7 Å². The largest absolute Gasteiger partial charge is 0.573 e. The second-order valence-corrected chi connectivity index (χ2v) is 9.31. The van der Waals surface area contributed by atoms with Crippen LogP contribution in [0.15, 0.2) is 46.1 Å². The van der Waals surface area contributed by atoms with Crippen LogP contribution in [0, 0.1) is 13.8 Å². The Labute approximate surface area is 179 Å². The Kier molecular flexibility index (Phi) is 6.48. The number of hydrogen-bond donors (Lipinski definition) is 1. The number of halogens is 3. The van der Waals surface area contributed by atoms with Gasteiger partial charge in [0.1, 0.15) is 11.4 Å². The highest BCUT2D eigenvalue weighted by atomic mass is 32.2. The van der Waals surface area contributed by atoms with Crippen molar-refractivity contribution in [3.8, 4) is 16.3 Å². The summed E-state index contributed by atoms with van der Waals surface area (Å²) in [6, 6.07) is 6.69. The van der Waals surface area contributed by atoms with E-state index in [4.69, 9.17) is 0 Å². The maximum Gasteiger partial charge on any atom is 0.573 e. The Morgan fingerprint density at radius 2 is 1.81 bits per heavy atom. The molecular formula is C18H17F3N4O4S2. The summed E-state index contributed by atoms with van der Waals surface area (Å²) in [6.45, 7) is 3.49. The molecule has 1 aromatic carbocycles. The van der Waals surface area contributed by atoms with Gasteiger partial charge in [0, 0.05) is 12.6 Å². The first-order valence-corrected chi connectivity index (χ1v) is 11.1. The number of hydrogen-bond acceptors (Lipinski definition) is 7. The molecule has 0 aliphatic carbocycles. The second kappa shape index (κ2) is 8.77. The van der Waals surface area contributed by atoms with Crippen molar-refractivity contribution in [2.24, 2.45) is 0 Å². The Bertz CT molecular complexity index is 1240. The smallest absolute Gasteiger partial charge is 0.406 e. The van der Waals surface area contributed by atoms with E-state index in [2.05, 4.69) is 19.5 Å². The lowest BCUT2D eigenvalue weighted by molar-refractivity contribution is -0.274. The van der Waals surface area contributed by atoms with E-state index in [1.807, 2.05) is 13.8 Å². The molecule has 31 heavy (non-hydrogen) atoms. The van der Waals surface area contributed by atoms with Crippen molar-refractivity contribution >= 4 is 21.4 Å². The topological polar surface area (TPSA) is 103 Å². The van der Waals surface area contributed by atoms with Crippen LogP contribution in [-0.4, -0.2) is 36.1 Å². The predicted octanol–water partition coefficient (Wildman–Crippen LogP) is 2.86. The van der Waals surface area contributed by atoms with E-state index in [9.17, 15) is 26.4 Å². The van der Waals surface area contributed by atoms with Crippen molar-refractivity contribution in [3.63, 3.8) is 0 Å². The molecule has 1 N–H and O–H groups in total. The molecule has 0 unspecified atom stereocenters. The van der Waals surface area contributed by atoms with Gasteiger partial charge in [-0.1, -0.05) is 0 Å². The van der Waals surface area contributed by atoms with E-state index in [0.29, 0.717) is 5.69 Å². The van der Waals surface area contributed by atoms with Gasteiger partial charge in [0.25, 0.3) is 5.56 Å². The molecule has 3 rings (SSSR count). The number of sulfonamides is 1. The lowest BCUT2D eigenvalue weighted by Gasteiger charge is -2.11. The second-order valence-electron chi connectivity index (χ2n) is 6.34. The number of rotatable bonds is 7. The van der Waals surface area contributed by atoms with Gasteiger partial charge in [-0.2, -0.15) is 5.10 Å². The van der Waals surface area contributed by atoms with Crippen molar-refractivity contribution in [1.29, 1.82) is 0 Å². The van der Waals surface area contributed by atoms with Gasteiger partial charge in [-0.3, -0.25) is 4.79 Å². The number of thiazole rings is 1. The molecule has 0 aliphatic heterocycles. The van der Waals surface area contributed by atoms with E-state index < -0.39 is 27.7 Å². The first kappa shape index (κ1) is 22.9. The zero-order valence-corrected chi connectivity index (χ0v) is 17.9. The van der Waals surface area contributed by atoms with Crippen LogP contribution in [0.3, 0.4) is 0 Å². The quantitative estimate of drug-likeness (QED) is 0.565. The van der Waals surface area contributed by atoms with Gasteiger partial charge >= 0.3 is 6.36 Å². The van der Waals surface area contributed by atoms with Crippen molar-refractivity contribution in [2.45, 2.75) is 31.7 Å². The average Bonchev–Trinajstić information content (AvgIpc) is 3.00. The van der Waals surface area contributed by atoms with Crippen LogP contribution in [0.4, 0.5) is 13.2 Å². The van der Waals surface area contributed by atoms with Gasteiger partial charge in [0.15, 0.2) is 0 Å². The Morgan fingerprint density at radius 3 is 2.39 bits per heavy atom. The molecule has 2 aromatic heterocycles. The maximum absolute atomic E-state index is 12.4. The standard InChI is InChI=1S/C18H17F3N4O4S2/c1-11-17(30-12(2)23-11)15-7-8-16(26)25(24-15)10-9-22-31(27,28)14-5-3-13(4-6-14)29-18(19,20)21/h3-8,22H,9-10H2,1-2H3. The highest BCUT2D eigenvalue weighted by molar-refractivity contribution is 7.89. The van der Waals surface area contributed by atoms with E-state index in [1.54, 1.807) is 6.07 Å². The molecule has 166 valence electrons. The molecule has 0 spiro atoms. The fraction of sp³-hybridized carbons (Fsp3) is 0.278. The molecule has 0 saturated heterocycles. The fourth-order valence-electron chi connectivity index (χ4n) is 2.69. The zero-order chi connectivity index (χ0) is 22.8. The molecular weight excluding hydrogens is 457 g/mol. The summed E-state index contributed by atoms with van der Waals surface area (Å²) < 4.78 is 68.5. The predicted molar refractivity (Wildman–Crippen MR) is 107 cm³/mol. The van der Waals surface area contributed by atoms with Crippen molar-refractivity contribution in [3.05, 3.63) is 57.5 Å². The van der Waals surface area contributed by atoms with Gasteiger partial charge in [-0.15, -0.1) is 24.5 Å². The van der Waals surface area contributed by atoms with Gasteiger partial charge in [0.2, 0.25) is 10.0 Å². The Balaban J connectivity index is 1.68. The Morgan fingerprint density at radius 1 is 1.13 bits per heavy atom. The number of aromatic nitrogens is 3. The third-order valence-corrected chi connectivity index (χ3v) is 6.56. The third kappa shape index (κ3) is 5.89. The summed E-state index contributed by atoms with van der Waals surface area (Å²) in [6.07, 6.45) is -4.87. The van der Waals surface area contributed by atoms with Crippen LogP contribution in [0.5, 0.6) is 5.75 Å². The lowest BCUT2D eigenvalue weighted by Crippen LogP contribution is -2.32. The fourth-order valence-corrected chi connectivity index (χ4v) is 4.59. The molecule has 0 aliphatic rings. The highest BCUT2D eigenvalue weighted by Gasteiger charge is 2.31. The number of alkyl halides is 3. The van der Waals surface area contributed by atoms with Crippen LogP contribution in [-0.2, 0) is 16.6 Å². The van der Waals surface area contributed by atoms with Crippen LogP contribution in [0.2, 0.25) is 0 Å². The van der Waals surface area contributed by atoms with Gasteiger partial charge < -0.3 is 4.74 Å². The summed E-state index contributed by atoms with van der Waals surface area (Å²) >= 11 is 1.43. The molecule has 0 atom stereocenters. The summed E-state index contributed by atoms with van der Waals surface area (Å²) in [4.78, 5) is 17.0. The summed E-state index contributed by atoms with van der Waals surface area (Å²) in [5, 5.41) is 5.12. The molecule has 0 bridgehead atoms. The molecule has 0 saturated carbocycles. The van der Waals surface area contributed by atoms with Crippen molar-refractivity contribution in [1.82, 2.24) is 19.5 Å². The van der Waals surface area contributed by atoms with E-state index in [1.165, 1.54) is 17.4 Å². The number of benzene rings is 1. The number of nitrogens with zero attached hydrogens (tertiary/aromatic N) is 3. The number of aryl methyl sites for hydroxylation is 2. The molecule has 2 heterocycles. The molecule has 0 amide bonds. The molecule has 0 radical (unpaired) electrons. The minimum Gasteiger partial charge on any atom is -0.406 e. The lowest BCUT2D eigenvalue weighted by atomic mass is 10.3. The van der Waals surface area contributed by atoms with Crippen LogP contribution < -0.4 is 15.0 Å². The normalized spacial score (nSPS) is 12.2. The van der Waals surface area contributed by atoms with Crippen LogP contribution >= 0.6 is 11.3 Å². The summed E-state index contributed by atoms with van der Waals surface area (Å²) in [5.74, 6) is -0.535. The molecule has 0 fully saturated rings. The van der Waals surface area contributed by atoms with Crippen LogP contribution in [0.25, 0.3) is 10.6 Å². The monoisotopic (exact) mass is 474 g/mol. The molecule has 13 heteroatoms. The van der Waals surface area contributed by atoms with Crippen molar-refractivity contribution in [2.75, 3.05) is 6.54 Å². The number of ether oxygens (including phenoxy) is 1. The minimum atomic E-state index is -4.87. The van der Waals surface area contributed by atoms with Gasteiger partial charge in [-0.05, 0) is 44.2 Å². The molecule has 8 nitrogen and oxygen atoms in total. The third-order valence-electron chi connectivity index (χ3n) is 3.99. The summed E-state index contributed by atoms with van der Waals surface area (Å²) in [7, 11) is -4.01. The summed E-state index contributed by atoms with van der Waals surface area (Å²) in [5.41, 5.74) is 0.917. The first-order valence-electron chi connectivity index (χ1n) is 8.83. The van der Waals surface area contributed by atoms with Gasteiger partial charge in [-0.25, -0.2) is 22.8 Å². The Hall–Kier alpha value is -2.77. The first-order chi connectivity index (χ1) is 14.4. The van der Waals surface area contributed by atoms with E-state index >= 15 is 0 Å². The zero-order valence-electron chi connectivity index (χ0n) is 16.3.